The predicted octanol–water partition coefficient (Wildman–Crippen LogP) is 2.47. The Hall–Kier alpha value is -1.35. The molecule has 100 valence electrons. The Labute approximate surface area is 110 Å². The van der Waals surface area contributed by atoms with Crippen LogP contribution in [0.2, 0.25) is 0 Å². The Balaban J connectivity index is 0.00000180. The molecule has 0 bridgehead atoms. The zero-order valence-electron chi connectivity index (χ0n) is 11.5. The van der Waals surface area contributed by atoms with Crippen molar-refractivity contribution in [2.24, 2.45) is 5.73 Å². The zero-order valence-corrected chi connectivity index (χ0v) is 11.5. The van der Waals surface area contributed by atoms with Crippen LogP contribution < -0.4 is 10.6 Å². The number of hydrogen-bond donors (Lipinski definition) is 1. The lowest BCUT2D eigenvalue weighted by Gasteiger charge is -2.26. The summed E-state index contributed by atoms with van der Waals surface area (Å²) < 4.78 is 0. The number of nitrogens with zero attached hydrogens (tertiary/aromatic N) is 1. The summed E-state index contributed by atoms with van der Waals surface area (Å²) in [6, 6.07) is 6.37. The first-order valence-electron chi connectivity index (χ1n) is 6.72. The van der Waals surface area contributed by atoms with E-state index in [2.05, 4.69) is 32.0 Å². The minimum Gasteiger partial charge on any atom is -0.330 e. The molecule has 1 heterocycles. The number of anilines is 1. The van der Waals surface area contributed by atoms with E-state index in [1.807, 2.05) is 7.05 Å². The molecule has 0 aromatic heterocycles. The number of likely N-dealkylation sites (N-methyl/N-ethyl adjacent to an activating group) is 1. The lowest BCUT2D eigenvalue weighted by molar-refractivity contribution is -0.123. The van der Waals surface area contributed by atoms with E-state index >= 15 is 0 Å². The molecule has 0 radical (unpaired) electrons. The lowest BCUT2D eigenvalue weighted by Crippen LogP contribution is -2.39. The summed E-state index contributed by atoms with van der Waals surface area (Å²) in [7, 11) is 1.86. The normalized spacial score (nSPS) is 22.4. The Morgan fingerprint density at radius 1 is 1.39 bits per heavy atom. The number of carbonyl (C=O) groups is 1. The first-order valence-corrected chi connectivity index (χ1v) is 6.72. The third-order valence-electron chi connectivity index (χ3n) is 4.23. The molecule has 3 nitrogen and oxygen atoms in total. The number of hydrogen-bond acceptors (Lipinski definition) is 2. The van der Waals surface area contributed by atoms with E-state index in [4.69, 9.17) is 5.73 Å². The second-order valence-corrected chi connectivity index (χ2v) is 5.04. The maximum Gasteiger partial charge on any atom is 0.237 e. The van der Waals surface area contributed by atoms with Crippen molar-refractivity contribution in [3.63, 3.8) is 0 Å². The van der Waals surface area contributed by atoms with Gasteiger partial charge < -0.3 is 10.6 Å². The second kappa shape index (κ2) is 4.73. The summed E-state index contributed by atoms with van der Waals surface area (Å²) in [4.78, 5) is 14.4. The monoisotopic (exact) mass is 248 g/mol. The van der Waals surface area contributed by atoms with Crippen LogP contribution in [0.15, 0.2) is 18.2 Å². The Morgan fingerprint density at radius 3 is 2.67 bits per heavy atom. The zero-order chi connectivity index (χ0) is 13.3. The van der Waals surface area contributed by atoms with Crippen LogP contribution >= 0.6 is 0 Å². The molecule has 1 amide bonds. The van der Waals surface area contributed by atoms with Crippen LogP contribution in [0.25, 0.3) is 0 Å². The topological polar surface area (TPSA) is 46.3 Å². The molecule has 2 N–H and O–H groups in total. The third-order valence-corrected chi connectivity index (χ3v) is 4.23. The average molecular weight is 248 g/mol. The number of amides is 1. The highest BCUT2D eigenvalue weighted by Gasteiger charge is 2.47. The van der Waals surface area contributed by atoms with Crippen LogP contribution in [0.5, 0.6) is 0 Å². The van der Waals surface area contributed by atoms with Crippen LogP contribution in [0.3, 0.4) is 0 Å². The van der Waals surface area contributed by atoms with Crippen molar-refractivity contribution in [3.8, 4) is 0 Å². The molecule has 3 heteroatoms. The van der Waals surface area contributed by atoms with Crippen LogP contribution in [-0.4, -0.2) is 19.5 Å². The van der Waals surface area contributed by atoms with Crippen molar-refractivity contribution < 1.29 is 6.22 Å². The van der Waals surface area contributed by atoms with Gasteiger partial charge in [-0.25, -0.2) is 0 Å². The highest BCUT2D eigenvalue weighted by Crippen LogP contribution is 2.45. The van der Waals surface area contributed by atoms with Crippen LogP contribution in [0.1, 0.15) is 39.2 Å². The summed E-state index contributed by atoms with van der Waals surface area (Å²) in [5.41, 5.74) is 8.84. The maximum atomic E-state index is 12.6. The molecule has 2 rings (SSSR count). The predicted molar refractivity (Wildman–Crippen MR) is 77.0 cm³/mol. The molecule has 1 aromatic carbocycles. The lowest BCUT2D eigenvalue weighted by atomic mass is 9.76. The summed E-state index contributed by atoms with van der Waals surface area (Å²) >= 11 is 0. The first-order chi connectivity index (χ1) is 8.60. The number of rotatable bonds is 4. The quantitative estimate of drug-likeness (QED) is 0.889. The summed E-state index contributed by atoms with van der Waals surface area (Å²) in [6.45, 7) is 4.76. The van der Waals surface area contributed by atoms with Crippen LogP contribution in [0, 0.1) is 0 Å². The van der Waals surface area contributed by atoms with Gasteiger partial charge >= 0.3 is 0 Å². The van der Waals surface area contributed by atoms with E-state index in [0.29, 0.717) is 6.54 Å². The Morgan fingerprint density at radius 2 is 2.11 bits per heavy atom. The molecule has 0 aliphatic carbocycles. The van der Waals surface area contributed by atoms with Gasteiger partial charge in [0.05, 0.1) is 5.41 Å². The highest BCUT2D eigenvalue weighted by atomic mass is 16.2. The first kappa shape index (κ1) is 13.1. The smallest absolute Gasteiger partial charge is 0.237 e. The van der Waals surface area contributed by atoms with Gasteiger partial charge in [-0.3, -0.25) is 4.79 Å². The minimum absolute atomic E-state index is 0. The van der Waals surface area contributed by atoms with Crippen LogP contribution in [-0.2, 0) is 16.6 Å². The molecule has 1 unspecified atom stereocenters. The van der Waals surface area contributed by atoms with E-state index in [0.717, 1.165) is 24.9 Å². The van der Waals surface area contributed by atoms with Crippen LogP contribution in [0.4, 0.5) is 5.69 Å². The molecule has 0 saturated carbocycles. The average Bonchev–Trinajstić information content (AvgIpc) is 2.61. The fraction of sp³-hybridized carbons (Fsp3) is 0.533. The largest absolute Gasteiger partial charge is 0.330 e. The van der Waals surface area contributed by atoms with Crippen molar-refractivity contribution in [1.82, 2.24) is 0 Å². The van der Waals surface area contributed by atoms with E-state index in [-0.39, 0.29) is 7.33 Å². The molecule has 18 heavy (non-hydrogen) atoms. The van der Waals surface area contributed by atoms with Gasteiger partial charge in [0.2, 0.25) is 5.91 Å². The van der Waals surface area contributed by atoms with E-state index in [1.54, 1.807) is 4.90 Å². The number of benzene rings is 1. The standard InChI is InChI=1S/C15H22N2O.H2/c1-4-11-6-7-13-12(10-11)15(5-2,8-9-16)14(18)17(13)3;/h6-7,10H,4-5,8-9,16H2,1-3H3;1H. The summed E-state index contributed by atoms with van der Waals surface area (Å²) in [5, 5.41) is 0. The highest BCUT2D eigenvalue weighted by molar-refractivity contribution is 6.07. The Bertz CT molecular complexity index is 475. The fourth-order valence-corrected chi connectivity index (χ4v) is 3.03. The van der Waals surface area contributed by atoms with E-state index < -0.39 is 5.41 Å². The van der Waals surface area contributed by atoms with Gasteiger partial charge in [0.25, 0.3) is 0 Å². The molecule has 1 atom stereocenters. The SMILES string of the molecule is CCc1ccc2c(c1)C(CC)(CCN)C(=O)N2C.[HH]. The molecular weight excluding hydrogens is 224 g/mol. The molecule has 0 fully saturated rings. The minimum atomic E-state index is -0.399. The van der Waals surface area contributed by atoms with Gasteiger partial charge in [-0.15, -0.1) is 0 Å². The van der Waals surface area contributed by atoms with Crippen molar-refractivity contribution in [2.45, 2.75) is 38.5 Å². The summed E-state index contributed by atoms with van der Waals surface area (Å²) in [6.07, 6.45) is 2.54. The van der Waals surface area contributed by atoms with Crippen molar-refractivity contribution in [3.05, 3.63) is 29.3 Å². The third kappa shape index (κ3) is 1.65. The van der Waals surface area contributed by atoms with E-state index in [1.165, 1.54) is 11.1 Å². The Kier molecular flexibility index (Phi) is 3.44. The summed E-state index contributed by atoms with van der Waals surface area (Å²) in [5.74, 6) is 0.193. The van der Waals surface area contributed by atoms with Gasteiger partial charge in [-0.1, -0.05) is 26.0 Å². The molecule has 1 aromatic rings. The van der Waals surface area contributed by atoms with Gasteiger partial charge in [0.1, 0.15) is 0 Å². The van der Waals surface area contributed by atoms with Crippen molar-refractivity contribution in [1.29, 1.82) is 0 Å². The van der Waals surface area contributed by atoms with Gasteiger partial charge in [0.15, 0.2) is 0 Å². The molecule has 1 aliphatic heterocycles. The maximum absolute atomic E-state index is 12.6. The number of aryl methyl sites for hydroxylation is 1. The van der Waals surface area contributed by atoms with Gasteiger partial charge in [-0.05, 0) is 43.0 Å². The van der Waals surface area contributed by atoms with Crippen molar-refractivity contribution in [2.75, 3.05) is 18.5 Å². The number of carbonyl (C=O) groups excluding carboxylic acids is 1. The van der Waals surface area contributed by atoms with Crippen molar-refractivity contribution >= 4 is 11.6 Å². The fourth-order valence-electron chi connectivity index (χ4n) is 3.03. The molecular formula is C15H24N2O. The number of nitrogens with two attached hydrogens (primary N) is 1. The van der Waals surface area contributed by atoms with Gasteiger partial charge in [0, 0.05) is 14.2 Å². The number of fused-ring (bicyclic) bond motifs is 1. The molecule has 0 saturated heterocycles. The molecule has 0 spiro atoms. The van der Waals surface area contributed by atoms with E-state index in [9.17, 15) is 4.79 Å². The van der Waals surface area contributed by atoms with Gasteiger partial charge in [-0.2, -0.15) is 0 Å². The molecule has 1 aliphatic rings. The second-order valence-electron chi connectivity index (χ2n) is 5.04.